The molecule has 1 amide bonds. The summed E-state index contributed by atoms with van der Waals surface area (Å²) in [5, 5.41) is 23.4. The topological polar surface area (TPSA) is 95.9 Å². The van der Waals surface area contributed by atoms with Gasteiger partial charge in [0.05, 0.1) is 25.4 Å². The highest BCUT2D eigenvalue weighted by atomic mass is 16.5. The number of aliphatic hydroxyl groups is 2. The summed E-state index contributed by atoms with van der Waals surface area (Å²) in [6.07, 6.45) is 80.7. The number of nitrogens with one attached hydrogen (secondary N) is 1. The molecular formula is C69H133NO5. The number of unbranched alkanes of at least 4 members (excludes halogenated alkanes) is 49. The predicted octanol–water partition coefficient (Wildman–Crippen LogP) is 21.8. The maximum absolute atomic E-state index is 12.5. The summed E-state index contributed by atoms with van der Waals surface area (Å²) < 4.78 is 5.48. The summed E-state index contributed by atoms with van der Waals surface area (Å²) in [6.45, 7) is 4.97. The average Bonchev–Trinajstić information content (AvgIpc) is 3.41. The molecular weight excluding hydrogens is 923 g/mol. The monoisotopic (exact) mass is 1060 g/mol. The quantitative estimate of drug-likeness (QED) is 0.0320. The van der Waals surface area contributed by atoms with Gasteiger partial charge in [-0.2, -0.15) is 0 Å². The van der Waals surface area contributed by atoms with Gasteiger partial charge in [0.15, 0.2) is 0 Å². The third kappa shape index (κ3) is 61.4. The maximum Gasteiger partial charge on any atom is 0.305 e. The Labute approximate surface area is 469 Å². The van der Waals surface area contributed by atoms with E-state index in [1.165, 1.54) is 302 Å². The third-order valence-corrected chi connectivity index (χ3v) is 16.0. The van der Waals surface area contributed by atoms with Crippen LogP contribution in [0.25, 0.3) is 0 Å². The Morgan fingerprint density at radius 3 is 0.947 bits per heavy atom. The second kappa shape index (κ2) is 64.9. The van der Waals surface area contributed by atoms with Crippen molar-refractivity contribution >= 4 is 11.9 Å². The van der Waals surface area contributed by atoms with Crippen LogP contribution in [0.3, 0.4) is 0 Å². The first-order valence-electron chi connectivity index (χ1n) is 34.1. The summed E-state index contributed by atoms with van der Waals surface area (Å²) in [5.74, 6) is -0.0255. The summed E-state index contributed by atoms with van der Waals surface area (Å²) in [4.78, 5) is 24.6. The minimum absolute atomic E-state index is 0.00713. The molecule has 444 valence electrons. The third-order valence-electron chi connectivity index (χ3n) is 16.0. The first-order valence-corrected chi connectivity index (χ1v) is 34.1. The van der Waals surface area contributed by atoms with E-state index in [4.69, 9.17) is 4.74 Å². The maximum atomic E-state index is 12.5. The molecule has 0 rings (SSSR count). The number of ether oxygens (including phenoxy) is 1. The van der Waals surface area contributed by atoms with Crippen molar-refractivity contribution in [2.75, 3.05) is 13.2 Å². The lowest BCUT2D eigenvalue weighted by Crippen LogP contribution is -2.45. The number of carbonyl (C=O) groups is 2. The van der Waals surface area contributed by atoms with Crippen molar-refractivity contribution in [3.05, 3.63) is 24.3 Å². The molecule has 0 aliphatic heterocycles. The van der Waals surface area contributed by atoms with Crippen molar-refractivity contribution < 1.29 is 24.5 Å². The molecule has 0 aliphatic carbocycles. The van der Waals surface area contributed by atoms with Gasteiger partial charge in [-0.3, -0.25) is 9.59 Å². The molecule has 0 aliphatic rings. The van der Waals surface area contributed by atoms with Gasteiger partial charge >= 0.3 is 5.97 Å². The summed E-state index contributed by atoms with van der Waals surface area (Å²) >= 11 is 0. The van der Waals surface area contributed by atoms with Crippen molar-refractivity contribution in [3.8, 4) is 0 Å². The second-order valence-corrected chi connectivity index (χ2v) is 23.5. The number of rotatable bonds is 64. The van der Waals surface area contributed by atoms with Crippen LogP contribution in [0.1, 0.15) is 380 Å². The molecule has 0 aromatic rings. The van der Waals surface area contributed by atoms with E-state index >= 15 is 0 Å². The molecule has 0 saturated heterocycles. The summed E-state index contributed by atoms with van der Waals surface area (Å²) in [6, 6.07) is -0.542. The highest BCUT2D eigenvalue weighted by molar-refractivity contribution is 5.76. The highest BCUT2D eigenvalue weighted by Crippen LogP contribution is 2.18. The van der Waals surface area contributed by atoms with Crippen LogP contribution in [-0.2, 0) is 14.3 Å². The van der Waals surface area contributed by atoms with E-state index in [1.807, 2.05) is 0 Å². The SMILES string of the molecule is CCCCCCC/C=C\CCCCCCCC(=O)OCCCCCCCCCCCCCC/C=C\CCCCCCCCCCCCCC(=O)NC(CO)C(O)CCCCCCCCCCCCCCCCCCC. The zero-order chi connectivity index (χ0) is 54.3. The minimum atomic E-state index is -0.665. The van der Waals surface area contributed by atoms with E-state index < -0.39 is 12.1 Å². The second-order valence-electron chi connectivity index (χ2n) is 23.5. The lowest BCUT2D eigenvalue weighted by Gasteiger charge is -2.22. The van der Waals surface area contributed by atoms with Gasteiger partial charge in [-0.1, -0.05) is 314 Å². The fourth-order valence-electron chi connectivity index (χ4n) is 10.7. The number of amides is 1. The fraction of sp³-hybridized carbons (Fsp3) is 0.913. The molecule has 2 unspecified atom stereocenters. The first-order chi connectivity index (χ1) is 37.0. The molecule has 6 heteroatoms. The molecule has 0 radical (unpaired) electrons. The van der Waals surface area contributed by atoms with Gasteiger partial charge in [0.2, 0.25) is 5.91 Å². The highest BCUT2D eigenvalue weighted by Gasteiger charge is 2.20. The van der Waals surface area contributed by atoms with E-state index in [1.54, 1.807) is 0 Å². The zero-order valence-electron chi connectivity index (χ0n) is 50.8. The zero-order valence-corrected chi connectivity index (χ0v) is 50.8. The van der Waals surface area contributed by atoms with E-state index in [-0.39, 0.29) is 18.5 Å². The number of allylic oxidation sites excluding steroid dienone is 4. The van der Waals surface area contributed by atoms with Gasteiger partial charge in [-0.05, 0) is 77.0 Å². The lowest BCUT2D eigenvalue weighted by molar-refractivity contribution is -0.143. The number of carbonyl (C=O) groups excluding carboxylic acids is 2. The molecule has 0 bridgehead atoms. The standard InChI is InChI=1S/C69H133NO5/c1-3-5-7-9-11-13-15-17-19-31-34-37-41-45-49-53-57-61-67(72)66(65-71)70-68(73)62-58-54-50-46-42-38-35-32-29-27-25-23-21-20-22-24-26-28-30-33-36-40-44-48-52-56-60-64-75-69(74)63-59-55-51-47-43-39-18-16-14-12-10-8-6-4-2/h16,18,20-21,66-67,71-72H,3-15,17,19,22-65H2,1-2H3,(H,70,73)/b18-16-,21-20-. The van der Waals surface area contributed by atoms with Crippen LogP contribution in [0.5, 0.6) is 0 Å². The summed E-state index contributed by atoms with van der Waals surface area (Å²) in [5.41, 5.74) is 0. The Bertz CT molecular complexity index is 1170. The first kappa shape index (κ1) is 73.3. The van der Waals surface area contributed by atoms with Gasteiger partial charge in [-0.25, -0.2) is 0 Å². The molecule has 3 N–H and O–H groups in total. The van der Waals surface area contributed by atoms with E-state index in [9.17, 15) is 19.8 Å². The van der Waals surface area contributed by atoms with Crippen LogP contribution in [0, 0.1) is 0 Å². The Morgan fingerprint density at radius 1 is 0.360 bits per heavy atom. The van der Waals surface area contributed by atoms with Crippen LogP contribution in [0.2, 0.25) is 0 Å². The van der Waals surface area contributed by atoms with Crippen LogP contribution in [-0.4, -0.2) is 47.4 Å². The molecule has 0 heterocycles. The minimum Gasteiger partial charge on any atom is -0.466 e. The van der Waals surface area contributed by atoms with E-state index in [2.05, 4.69) is 43.5 Å². The number of esters is 1. The lowest BCUT2D eigenvalue weighted by atomic mass is 10.0. The van der Waals surface area contributed by atoms with E-state index in [0.717, 1.165) is 44.9 Å². The van der Waals surface area contributed by atoms with Gasteiger partial charge < -0.3 is 20.3 Å². The Balaban J connectivity index is 3.38. The molecule has 75 heavy (non-hydrogen) atoms. The molecule has 6 nitrogen and oxygen atoms in total. The van der Waals surface area contributed by atoms with Crippen LogP contribution < -0.4 is 5.32 Å². The van der Waals surface area contributed by atoms with E-state index in [0.29, 0.717) is 25.9 Å². The van der Waals surface area contributed by atoms with Gasteiger partial charge in [-0.15, -0.1) is 0 Å². The van der Waals surface area contributed by atoms with Crippen molar-refractivity contribution in [1.29, 1.82) is 0 Å². The van der Waals surface area contributed by atoms with Crippen LogP contribution in [0.4, 0.5) is 0 Å². The molecule has 0 fully saturated rings. The van der Waals surface area contributed by atoms with Crippen LogP contribution in [0.15, 0.2) is 24.3 Å². The van der Waals surface area contributed by atoms with Gasteiger partial charge in [0, 0.05) is 12.8 Å². The Hall–Kier alpha value is -1.66. The Kier molecular flexibility index (Phi) is 63.4. The predicted molar refractivity (Wildman–Crippen MR) is 329 cm³/mol. The molecule has 0 aromatic heterocycles. The molecule has 2 atom stereocenters. The van der Waals surface area contributed by atoms with Crippen molar-refractivity contribution in [1.82, 2.24) is 5.32 Å². The van der Waals surface area contributed by atoms with Crippen LogP contribution >= 0.6 is 0 Å². The Morgan fingerprint density at radius 2 is 0.627 bits per heavy atom. The molecule has 0 saturated carbocycles. The molecule has 0 aromatic carbocycles. The average molecular weight is 1060 g/mol. The van der Waals surface area contributed by atoms with Crippen molar-refractivity contribution in [2.24, 2.45) is 0 Å². The van der Waals surface area contributed by atoms with Gasteiger partial charge in [0.1, 0.15) is 0 Å². The smallest absolute Gasteiger partial charge is 0.305 e. The normalized spacial score (nSPS) is 12.6. The molecule has 0 spiro atoms. The van der Waals surface area contributed by atoms with Crippen molar-refractivity contribution in [3.63, 3.8) is 0 Å². The fourth-order valence-corrected chi connectivity index (χ4v) is 10.7. The number of hydrogen-bond acceptors (Lipinski definition) is 5. The number of hydrogen-bond donors (Lipinski definition) is 3. The largest absolute Gasteiger partial charge is 0.466 e. The van der Waals surface area contributed by atoms with Crippen molar-refractivity contribution in [2.45, 2.75) is 392 Å². The summed E-state index contributed by atoms with van der Waals surface area (Å²) in [7, 11) is 0. The van der Waals surface area contributed by atoms with Gasteiger partial charge in [0.25, 0.3) is 0 Å². The number of aliphatic hydroxyl groups excluding tert-OH is 2.